The Balaban J connectivity index is 2.06. The molecule has 0 N–H and O–H groups in total. The molecule has 0 amide bonds. The van der Waals surface area contributed by atoms with E-state index in [1.54, 1.807) is 6.07 Å². The van der Waals surface area contributed by atoms with Crippen LogP contribution in [0.25, 0.3) is 0 Å². The molecule has 1 aliphatic heterocycles. The second-order valence-electron chi connectivity index (χ2n) is 11.0. The van der Waals surface area contributed by atoms with Gasteiger partial charge < -0.3 is 9.64 Å². The maximum absolute atomic E-state index is 13.7. The molecule has 1 aromatic rings. The van der Waals surface area contributed by atoms with Crippen molar-refractivity contribution in [1.82, 2.24) is 4.90 Å². The number of carbonyl (C=O) groups is 2. The minimum atomic E-state index is -0.511. The van der Waals surface area contributed by atoms with E-state index in [0.29, 0.717) is 58.5 Å². The first-order valence-electron chi connectivity index (χ1n) is 11.8. The Bertz CT molecular complexity index is 1040. The van der Waals surface area contributed by atoms with Crippen LogP contribution in [-0.2, 0) is 9.59 Å². The summed E-state index contributed by atoms with van der Waals surface area (Å²) in [5, 5.41) is 0.863. The summed E-state index contributed by atoms with van der Waals surface area (Å²) in [4.78, 5) is 29.7. The van der Waals surface area contributed by atoms with E-state index < -0.39 is 5.92 Å². The quantitative estimate of drug-likeness (QED) is 0.452. The van der Waals surface area contributed by atoms with Crippen molar-refractivity contribution in [2.75, 3.05) is 13.2 Å². The van der Waals surface area contributed by atoms with Gasteiger partial charge >= 0.3 is 0 Å². The third-order valence-corrected chi connectivity index (χ3v) is 7.47. The Labute approximate surface area is 207 Å². The van der Waals surface area contributed by atoms with Crippen molar-refractivity contribution in [1.29, 1.82) is 0 Å². The molecule has 6 heteroatoms. The van der Waals surface area contributed by atoms with Gasteiger partial charge in [0.25, 0.3) is 0 Å². The van der Waals surface area contributed by atoms with Gasteiger partial charge in [0.1, 0.15) is 5.75 Å². The first-order chi connectivity index (χ1) is 15.4. The lowest BCUT2D eigenvalue weighted by Gasteiger charge is -2.49. The molecule has 4 nitrogen and oxygen atoms in total. The number of benzene rings is 1. The van der Waals surface area contributed by atoms with Crippen LogP contribution in [0.15, 0.2) is 34.7 Å². The van der Waals surface area contributed by atoms with E-state index in [0.717, 1.165) is 24.2 Å². The lowest BCUT2D eigenvalue weighted by molar-refractivity contribution is -0.119. The number of rotatable bonds is 4. The molecule has 1 aromatic carbocycles. The smallest absolute Gasteiger partial charge is 0.162 e. The number of nitrogens with zero attached hydrogens (tertiary/aromatic N) is 1. The highest BCUT2D eigenvalue weighted by molar-refractivity contribution is 6.35. The van der Waals surface area contributed by atoms with Gasteiger partial charge in [-0.3, -0.25) is 9.59 Å². The highest BCUT2D eigenvalue weighted by Crippen LogP contribution is 2.56. The van der Waals surface area contributed by atoms with Gasteiger partial charge in [-0.15, -0.1) is 0 Å². The average Bonchev–Trinajstić information content (AvgIpc) is 2.66. The van der Waals surface area contributed by atoms with Crippen molar-refractivity contribution in [3.8, 4) is 5.75 Å². The first-order valence-corrected chi connectivity index (χ1v) is 12.6. The lowest BCUT2D eigenvalue weighted by atomic mass is 9.63. The number of ketones is 2. The van der Waals surface area contributed by atoms with Gasteiger partial charge in [-0.05, 0) is 49.7 Å². The largest absolute Gasteiger partial charge is 0.492 e. The lowest BCUT2D eigenvalue weighted by Crippen LogP contribution is -2.44. The second-order valence-corrected chi connectivity index (χ2v) is 11.9. The number of ether oxygens (including phenoxy) is 1. The summed E-state index contributed by atoms with van der Waals surface area (Å²) in [5.41, 5.74) is 3.91. The van der Waals surface area contributed by atoms with Crippen molar-refractivity contribution >= 4 is 34.8 Å². The van der Waals surface area contributed by atoms with Crippen LogP contribution in [-0.4, -0.2) is 29.6 Å². The van der Waals surface area contributed by atoms with E-state index in [4.69, 9.17) is 27.9 Å². The molecule has 178 valence electrons. The molecule has 1 heterocycles. The standard InChI is InChI=1S/C27H33Cl2NO3/c1-7-30-18-11-26(3,4)13-20(31)23(18)22(24-19(30)12-27(5,6)14-21(24)32)16-9-15(28)10-17(29)25(16)33-8-2/h9-10,22H,7-8,11-14H2,1-6H3. The molecular weight excluding hydrogens is 457 g/mol. The van der Waals surface area contributed by atoms with Gasteiger partial charge in [-0.1, -0.05) is 50.9 Å². The van der Waals surface area contributed by atoms with Crippen LogP contribution >= 0.6 is 23.2 Å². The third kappa shape index (κ3) is 4.25. The normalized spacial score (nSPS) is 22.5. The van der Waals surface area contributed by atoms with E-state index in [1.807, 2.05) is 13.0 Å². The maximum Gasteiger partial charge on any atom is 0.162 e. The summed E-state index contributed by atoms with van der Waals surface area (Å²) < 4.78 is 5.97. The fourth-order valence-electron chi connectivity index (χ4n) is 5.83. The Morgan fingerprint density at radius 1 is 0.909 bits per heavy atom. The molecule has 0 saturated heterocycles. The van der Waals surface area contributed by atoms with Gasteiger partial charge in [0.05, 0.1) is 11.6 Å². The topological polar surface area (TPSA) is 46.6 Å². The predicted octanol–water partition coefficient (Wildman–Crippen LogP) is 7.10. The average molecular weight is 490 g/mol. The number of hydrogen-bond donors (Lipinski definition) is 0. The SMILES string of the molecule is CCOc1c(Cl)cc(Cl)cc1C1C2=C(CC(C)(C)CC2=O)N(CC)C2=C1C(=O)CC(C)(C)C2. The number of hydrogen-bond acceptors (Lipinski definition) is 4. The Kier molecular flexibility index (Phi) is 6.24. The van der Waals surface area contributed by atoms with Crippen LogP contribution in [0.1, 0.15) is 78.7 Å². The fraction of sp³-hybridized carbons (Fsp3) is 0.556. The van der Waals surface area contributed by atoms with E-state index in [9.17, 15) is 9.59 Å². The minimum Gasteiger partial charge on any atom is -0.492 e. The van der Waals surface area contributed by atoms with E-state index in [2.05, 4.69) is 39.5 Å². The molecule has 33 heavy (non-hydrogen) atoms. The van der Waals surface area contributed by atoms with Crippen LogP contribution in [0.2, 0.25) is 10.0 Å². The number of halogens is 2. The van der Waals surface area contributed by atoms with Crippen LogP contribution in [0.3, 0.4) is 0 Å². The van der Waals surface area contributed by atoms with E-state index in [1.165, 1.54) is 0 Å². The molecule has 0 radical (unpaired) electrons. The fourth-order valence-corrected chi connectivity index (χ4v) is 6.40. The highest BCUT2D eigenvalue weighted by Gasteiger charge is 2.49. The molecule has 0 saturated carbocycles. The number of Topliss-reactive ketones (excluding diaryl/α,β-unsaturated/α-hetero) is 2. The molecule has 3 aliphatic rings. The Morgan fingerprint density at radius 3 is 1.88 bits per heavy atom. The van der Waals surface area contributed by atoms with Crippen LogP contribution in [0.4, 0.5) is 0 Å². The monoisotopic (exact) mass is 489 g/mol. The summed E-state index contributed by atoms with van der Waals surface area (Å²) in [7, 11) is 0. The Hall–Kier alpha value is -1.78. The van der Waals surface area contributed by atoms with Crippen molar-refractivity contribution in [2.45, 2.75) is 73.1 Å². The molecule has 2 aliphatic carbocycles. The van der Waals surface area contributed by atoms with Gasteiger partial charge in [0.15, 0.2) is 11.6 Å². The zero-order valence-corrected chi connectivity index (χ0v) is 21.9. The molecule has 4 rings (SSSR count). The zero-order valence-electron chi connectivity index (χ0n) is 20.4. The third-order valence-electron chi connectivity index (χ3n) is 6.97. The van der Waals surface area contributed by atoms with Crippen LogP contribution < -0.4 is 4.74 Å². The summed E-state index contributed by atoms with van der Waals surface area (Å²) in [6.07, 6.45) is 2.45. The summed E-state index contributed by atoms with van der Waals surface area (Å²) >= 11 is 13.0. The van der Waals surface area contributed by atoms with Crippen molar-refractivity contribution in [2.24, 2.45) is 10.8 Å². The van der Waals surface area contributed by atoms with Crippen LogP contribution in [0, 0.1) is 10.8 Å². The molecule has 0 unspecified atom stereocenters. The number of carbonyl (C=O) groups excluding carboxylic acids is 2. The van der Waals surface area contributed by atoms with Crippen molar-refractivity contribution in [3.05, 3.63) is 50.3 Å². The molecule has 0 spiro atoms. The van der Waals surface area contributed by atoms with E-state index >= 15 is 0 Å². The highest BCUT2D eigenvalue weighted by atomic mass is 35.5. The summed E-state index contributed by atoms with van der Waals surface area (Å²) in [6.45, 7) is 13.7. The second kappa shape index (κ2) is 8.46. The molecule has 0 fully saturated rings. The minimum absolute atomic E-state index is 0.0902. The maximum atomic E-state index is 13.7. The van der Waals surface area contributed by atoms with Crippen molar-refractivity contribution < 1.29 is 14.3 Å². The summed E-state index contributed by atoms with van der Waals surface area (Å²) in [5.74, 6) is 0.176. The summed E-state index contributed by atoms with van der Waals surface area (Å²) in [6, 6.07) is 3.47. The van der Waals surface area contributed by atoms with Crippen molar-refractivity contribution in [3.63, 3.8) is 0 Å². The van der Waals surface area contributed by atoms with Gasteiger partial charge in [-0.25, -0.2) is 0 Å². The predicted molar refractivity (Wildman–Crippen MR) is 133 cm³/mol. The van der Waals surface area contributed by atoms with Gasteiger partial charge in [0.2, 0.25) is 0 Å². The first kappa shape index (κ1) is 24.3. The molecule has 0 atom stereocenters. The van der Waals surface area contributed by atoms with Gasteiger partial charge in [0, 0.05) is 58.4 Å². The molecular formula is C27H33Cl2NO3. The zero-order chi connectivity index (χ0) is 24.3. The number of allylic oxidation sites excluding steroid dienone is 4. The van der Waals surface area contributed by atoms with Crippen LogP contribution in [0.5, 0.6) is 5.75 Å². The Morgan fingerprint density at radius 2 is 1.42 bits per heavy atom. The van der Waals surface area contributed by atoms with Gasteiger partial charge in [-0.2, -0.15) is 0 Å². The molecule has 0 aromatic heterocycles. The molecule has 0 bridgehead atoms. The van der Waals surface area contributed by atoms with E-state index in [-0.39, 0.29) is 22.4 Å².